The van der Waals surface area contributed by atoms with Crippen LogP contribution < -0.4 is 5.32 Å². The van der Waals surface area contributed by atoms with E-state index in [0.29, 0.717) is 48.9 Å². The summed E-state index contributed by atoms with van der Waals surface area (Å²) in [7, 11) is 0. The Labute approximate surface area is 111 Å². The Morgan fingerprint density at radius 3 is 2.83 bits per heavy atom. The lowest BCUT2D eigenvalue weighted by atomic mass is 9.94. The molecule has 1 aliphatic heterocycles. The van der Waals surface area contributed by atoms with Gasteiger partial charge in [0.05, 0.1) is 16.9 Å². The van der Waals surface area contributed by atoms with E-state index in [4.69, 9.17) is 21.6 Å². The second-order valence-electron chi connectivity index (χ2n) is 4.49. The number of rotatable bonds is 3. The van der Waals surface area contributed by atoms with Gasteiger partial charge in [-0.25, -0.2) is 0 Å². The van der Waals surface area contributed by atoms with Crippen molar-refractivity contribution in [1.29, 1.82) is 5.26 Å². The lowest BCUT2D eigenvalue weighted by Crippen LogP contribution is -2.42. The number of aliphatic hydroxyl groups is 1. The smallest absolute Gasteiger partial charge is 0.101 e. The van der Waals surface area contributed by atoms with Gasteiger partial charge in [0.15, 0.2) is 0 Å². The minimum Gasteiger partial charge on any atom is -0.388 e. The first-order chi connectivity index (χ1) is 8.63. The number of hydrogen-bond acceptors (Lipinski definition) is 4. The molecule has 0 bridgehead atoms. The van der Waals surface area contributed by atoms with Crippen molar-refractivity contribution in [1.82, 2.24) is 0 Å². The fraction of sp³-hybridized carbons (Fsp3) is 0.462. The highest BCUT2D eigenvalue weighted by molar-refractivity contribution is 6.30. The summed E-state index contributed by atoms with van der Waals surface area (Å²) in [6.07, 6.45) is 1.20. The third kappa shape index (κ3) is 3.14. The van der Waals surface area contributed by atoms with Crippen molar-refractivity contribution in [2.24, 2.45) is 0 Å². The molecule has 0 amide bonds. The topological polar surface area (TPSA) is 65.3 Å². The van der Waals surface area contributed by atoms with Crippen LogP contribution in [-0.2, 0) is 4.74 Å². The number of benzene rings is 1. The quantitative estimate of drug-likeness (QED) is 0.880. The summed E-state index contributed by atoms with van der Waals surface area (Å²) in [6.45, 7) is 1.53. The Bertz CT molecular complexity index is 465. The van der Waals surface area contributed by atoms with Crippen LogP contribution in [-0.4, -0.2) is 30.5 Å². The molecule has 0 saturated carbocycles. The number of ether oxygens (including phenoxy) is 1. The molecule has 96 valence electrons. The molecule has 18 heavy (non-hydrogen) atoms. The first kappa shape index (κ1) is 13.2. The third-order valence-corrected chi connectivity index (χ3v) is 3.37. The van der Waals surface area contributed by atoms with Crippen molar-refractivity contribution in [3.05, 3.63) is 28.8 Å². The van der Waals surface area contributed by atoms with Gasteiger partial charge in [-0.3, -0.25) is 0 Å². The van der Waals surface area contributed by atoms with Crippen LogP contribution in [0.25, 0.3) is 0 Å². The summed E-state index contributed by atoms with van der Waals surface area (Å²) in [6, 6.07) is 7.13. The summed E-state index contributed by atoms with van der Waals surface area (Å²) in [5, 5.41) is 23.0. The maximum atomic E-state index is 10.3. The Kier molecular flexibility index (Phi) is 4.07. The zero-order valence-electron chi connectivity index (χ0n) is 9.95. The second kappa shape index (κ2) is 5.57. The van der Waals surface area contributed by atoms with Crippen LogP contribution in [0.2, 0.25) is 5.02 Å². The SMILES string of the molecule is N#Cc1ccc(Cl)cc1NCC1(O)CCOCC1. The standard InChI is InChI=1S/C13H15ClN2O2/c14-11-2-1-10(8-15)12(7-11)16-9-13(17)3-5-18-6-4-13/h1-2,7,16-17H,3-6,9H2. The van der Waals surface area contributed by atoms with Crippen molar-refractivity contribution in [3.63, 3.8) is 0 Å². The summed E-state index contributed by atoms with van der Waals surface area (Å²) in [4.78, 5) is 0. The molecule has 1 saturated heterocycles. The molecule has 1 heterocycles. The highest BCUT2D eigenvalue weighted by Crippen LogP contribution is 2.24. The van der Waals surface area contributed by atoms with Crippen molar-refractivity contribution >= 4 is 17.3 Å². The molecule has 1 aromatic carbocycles. The molecular formula is C13H15ClN2O2. The van der Waals surface area contributed by atoms with Crippen LogP contribution in [0.3, 0.4) is 0 Å². The molecule has 2 rings (SSSR count). The van der Waals surface area contributed by atoms with Crippen molar-refractivity contribution < 1.29 is 9.84 Å². The predicted octanol–water partition coefficient (Wildman–Crippen LogP) is 2.17. The van der Waals surface area contributed by atoms with Gasteiger partial charge in [-0.15, -0.1) is 0 Å². The van der Waals surface area contributed by atoms with E-state index < -0.39 is 5.60 Å². The first-order valence-corrected chi connectivity index (χ1v) is 6.24. The van der Waals surface area contributed by atoms with Gasteiger partial charge in [-0.2, -0.15) is 5.26 Å². The minimum absolute atomic E-state index is 0.394. The monoisotopic (exact) mass is 266 g/mol. The molecule has 0 unspecified atom stereocenters. The summed E-state index contributed by atoms with van der Waals surface area (Å²) in [5.74, 6) is 0. The number of nitriles is 1. The highest BCUT2D eigenvalue weighted by Gasteiger charge is 2.29. The molecule has 0 atom stereocenters. The molecule has 1 aliphatic rings. The highest BCUT2D eigenvalue weighted by atomic mass is 35.5. The molecule has 5 heteroatoms. The molecule has 2 N–H and O–H groups in total. The molecular weight excluding hydrogens is 252 g/mol. The molecule has 0 aromatic heterocycles. The van der Waals surface area contributed by atoms with Gasteiger partial charge in [0.25, 0.3) is 0 Å². The minimum atomic E-state index is -0.771. The van der Waals surface area contributed by atoms with Gasteiger partial charge >= 0.3 is 0 Å². The number of hydrogen-bond donors (Lipinski definition) is 2. The maximum absolute atomic E-state index is 10.3. The van der Waals surface area contributed by atoms with E-state index in [1.54, 1.807) is 18.2 Å². The van der Waals surface area contributed by atoms with Gasteiger partial charge in [0, 0.05) is 37.6 Å². The van der Waals surface area contributed by atoms with E-state index in [2.05, 4.69) is 11.4 Å². The van der Waals surface area contributed by atoms with Crippen LogP contribution in [0, 0.1) is 11.3 Å². The zero-order chi connectivity index (χ0) is 13.0. The first-order valence-electron chi connectivity index (χ1n) is 5.87. The fourth-order valence-corrected chi connectivity index (χ4v) is 2.12. The van der Waals surface area contributed by atoms with Crippen molar-refractivity contribution in [2.75, 3.05) is 25.1 Å². The van der Waals surface area contributed by atoms with E-state index in [1.165, 1.54) is 0 Å². The average Bonchev–Trinajstić information content (AvgIpc) is 2.38. The molecule has 0 spiro atoms. The predicted molar refractivity (Wildman–Crippen MR) is 69.7 cm³/mol. The average molecular weight is 267 g/mol. The van der Waals surface area contributed by atoms with Crippen LogP contribution >= 0.6 is 11.6 Å². The van der Waals surface area contributed by atoms with Crippen LogP contribution in [0.1, 0.15) is 18.4 Å². The van der Waals surface area contributed by atoms with Crippen LogP contribution in [0.4, 0.5) is 5.69 Å². The number of nitrogens with zero attached hydrogens (tertiary/aromatic N) is 1. The lowest BCUT2D eigenvalue weighted by molar-refractivity contribution is -0.0543. The summed E-state index contributed by atoms with van der Waals surface area (Å²) in [5.41, 5.74) is 0.410. The van der Waals surface area contributed by atoms with Gasteiger partial charge in [0.2, 0.25) is 0 Å². The van der Waals surface area contributed by atoms with Crippen molar-refractivity contribution in [2.45, 2.75) is 18.4 Å². The van der Waals surface area contributed by atoms with Gasteiger partial charge in [0.1, 0.15) is 6.07 Å². The van der Waals surface area contributed by atoms with Crippen LogP contribution in [0.15, 0.2) is 18.2 Å². The normalized spacial score (nSPS) is 18.1. The Morgan fingerprint density at radius 2 is 2.17 bits per heavy atom. The number of halogens is 1. The molecule has 1 aromatic rings. The fourth-order valence-electron chi connectivity index (χ4n) is 1.95. The molecule has 1 fully saturated rings. The molecule has 0 radical (unpaired) electrons. The van der Waals surface area contributed by atoms with Crippen LogP contribution in [0.5, 0.6) is 0 Å². The number of nitrogens with one attached hydrogen (secondary N) is 1. The largest absolute Gasteiger partial charge is 0.388 e. The van der Waals surface area contributed by atoms with E-state index in [1.807, 2.05) is 0 Å². The lowest BCUT2D eigenvalue weighted by Gasteiger charge is -2.32. The van der Waals surface area contributed by atoms with Gasteiger partial charge in [-0.1, -0.05) is 11.6 Å². The van der Waals surface area contributed by atoms with Crippen molar-refractivity contribution in [3.8, 4) is 6.07 Å². The van der Waals surface area contributed by atoms with Gasteiger partial charge in [-0.05, 0) is 18.2 Å². The number of anilines is 1. The summed E-state index contributed by atoms with van der Waals surface area (Å²) < 4.78 is 5.22. The Morgan fingerprint density at radius 1 is 1.44 bits per heavy atom. The molecule has 4 nitrogen and oxygen atoms in total. The molecule has 0 aliphatic carbocycles. The van der Waals surface area contributed by atoms with E-state index in [-0.39, 0.29) is 0 Å². The van der Waals surface area contributed by atoms with E-state index in [9.17, 15) is 5.11 Å². The Hall–Kier alpha value is -1.28. The summed E-state index contributed by atoms with van der Waals surface area (Å²) >= 11 is 5.90. The van der Waals surface area contributed by atoms with E-state index in [0.717, 1.165) is 0 Å². The van der Waals surface area contributed by atoms with E-state index >= 15 is 0 Å². The third-order valence-electron chi connectivity index (χ3n) is 3.13. The zero-order valence-corrected chi connectivity index (χ0v) is 10.7. The Balaban J connectivity index is 2.05. The second-order valence-corrected chi connectivity index (χ2v) is 4.93. The maximum Gasteiger partial charge on any atom is 0.101 e. The van der Waals surface area contributed by atoms with Gasteiger partial charge < -0.3 is 15.2 Å².